The predicted octanol–water partition coefficient (Wildman–Crippen LogP) is 2.52. The minimum Gasteiger partial charge on any atom is -0.476 e. The Labute approximate surface area is 74.3 Å². The topological polar surface area (TPSA) is 9.23 Å². The molecule has 0 aliphatic heterocycles. The molecule has 0 saturated heterocycles. The third-order valence-electron chi connectivity index (χ3n) is 1.68. The quantitative estimate of drug-likeness (QED) is 0.426. The third-order valence-corrected chi connectivity index (χ3v) is 2.60. The normalized spacial score (nSPS) is 21.1. The standard InChI is InChI=1S/C6H9IOS/c1-6(2-3-6)5(9)8-4-7/h2-4H2,1H3. The molecule has 1 nitrogen and oxygen atoms in total. The molecule has 0 unspecified atom stereocenters. The molecule has 3 heteroatoms. The van der Waals surface area contributed by atoms with Gasteiger partial charge in [0.15, 0.2) is 5.05 Å². The predicted molar refractivity (Wildman–Crippen MR) is 49.9 cm³/mol. The molecule has 9 heavy (non-hydrogen) atoms. The molecule has 0 bridgehead atoms. The fourth-order valence-corrected chi connectivity index (χ4v) is 1.40. The Morgan fingerprint density at radius 1 is 1.78 bits per heavy atom. The van der Waals surface area contributed by atoms with Gasteiger partial charge in [0, 0.05) is 5.41 Å². The van der Waals surface area contributed by atoms with Gasteiger partial charge in [-0.1, -0.05) is 6.92 Å². The van der Waals surface area contributed by atoms with Crippen LogP contribution in [0, 0.1) is 5.41 Å². The summed E-state index contributed by atoms with van der Waals surface area (Å²) >= 11 is 7.19. The molecule has 0 heterocycles. The third kappa shape index (κ3) is 1.77. The average Bonchev–Trinajstić information content (AvgIpc) is 2.50. The van der Waals surface area contributed by atoms with E-state index < -0.39 is 0 Å². The molecule has 1 rings (SSSR count). The van der Waals surface area contributed by atoms with Gasteiger partial charge < -0.3 is 4.74 Å². The minimum absolute atomic E-state index is 0.264. The van der Waals surface area contributed by atoms with Gasteiger partial charge in [0.25, 0.3) is 0 Å². The first-order valence-corrected chi connectivity index (χ1v) is 4.86. The molecule has 0 aromatic rings. The van der Waals surface area contributed by atoms with Crippen LogP contribution in [0.5, 0.6) is 0 Å². The second-order valence-electron chi connectivity index (χ2n) is 2.60. The van der Waals surface area contributed by atoms with Crippen molar-refractivity contribution in [3.63, 3.8) is 0 Å². The fraction of sp³-hybridized carbons (Fsp3) is 0.833. The van der Waals surface area contributed by atoms with Gasteiger partial charge in [-0.3, -0.25) is 0 Å². The Hall–Kier alpha value is 0.620. The molecular formula is C6H9IOS. The number of halogens is 1. The smallest absolute Gasteiger partial charge is 0.166 e. The molecular weight excluding hydrogens is 247 g/mol. The van der Waals surface area contributed by atoms with Gasteiger partial charge in [0.1, 0.15) is 4.61 Å². The molecule has 0 aromatic carbocycles. The van der Waals surface area contributed by atoms with Crippen LogP contribution in [0.4, 0.5) is 0 Å². The van der Waals surface area contributed by atoms with Crippen LogP contribution >= 0.6 is 34.8 Å². The first-order valence-electron chi connectivity index (χ1n) is 2.92. The molecule has 0 N–H and O–H groups in total. The van der Waals surface area contributed by atoms with Crippen LogP contribution in [0.1, 0.15) is 19.8 Å². The van der Waals surface area contributed by atoms with E-state index in [2.05, 4.69) is 29.5 Å². The van der Waals surface area contributed by atoms with Crippen molar-refractivity contribution in [3.05, 3.63) is 0 Å². The molecule has 52 valence electrons. The highest BCUT2D eigenvalue weighted by Gasteiger charge is 2.43. The maximum Gasteiger partial charge on any atom is 0.166 e. The maximum atomic E-state index is 5.19. The lowest BCUT2D eigenvalue weighted by Gasteiger charge is -2.08. The van der Waals surface area contributed by atoms with Crippen molar-refractivity contribution in [2.24, 2.45) is 5.41 Å². The zero-order chi connectivity index (χ0) is 6.91. The maximum absolute atomic E-state index is 5.19. The Morgan fingerprint density at radius 2 is 2.33 bits per heavy atom. The highest BCUT2D eigenvalue weighted by Crippen LogP contribution is 2.46. The van der Waals surface area contributed by atoms with Crippen molar-refractivity contribution >= 4 is 39.9 Å². The second-order valence-corrected chi connectivity index (χ2v) is 3.60. The van der Waals surface area contributed by atoms with E-state index in [-0.39, 0.29) is 5.41 Å². The Morgan fingerprint density at radius 3 is 2.67 bits per heavy atom. The summed E-state index contributed by atoms with van der Waals surface area (Å²) in [5.74, 6) is 0. The van der Waals surface area contributed by atoms with E-state index in [0.29, 0.717) is 4.61 Å². The summed E-state index contributed by atoms with van der Waals surface area (Å²) in [5, 5.41) is 0.803. The summed E-state index contributed by atoms with van der Waals surface area (Å²) in [7, 11) is 0. The largest absolute Gasteiger partial charge is 0.476 e. The molecule has 1 aliphatic rings. The molecule has 1 saturated carbocycles. The first kappa shape index (κ1) is 7.72. The van der Waals surface area contributed by atoms with Crippen molar-refractivity contribution < 1.29 is 4.74 Å². The van der Waals surface area contributed by atoms with Gasteiger partial charge in [0.2, 0.25) is 0 Å². The van der Waals surface area contributed by atoms with Crippen molar-refractivity contribution in [1.82, 2.24) is 0 Å². The highest BCUT2D eigenvalue weighted by atomic mass is 127. The molecule has 0 radical (unpaired) electrons. The van der Waals surface area contributed by atoms with E-state index in [1.807, 2.05) is 0 Å². The monoisotopic (exact) mass is 256 g/mol. The summed E-state index contributed by atoms with van der Waals surface area (Å²) in [4.78, 5) is 0. The number of alkyl halides is 1. The summed E-state index contributed by atoms with van der Waals surface area (Å²) in [6.07, 6.45) is 2.42. The van der Waals surface area contributed by atoms with Crippen molar-refractivity contribution in [2.45, 2.75) is 19.8 Å². The Balaban J connectivity index is 2.34. The lowest BCUT2D eigenvalue weighted by Crippen LogP contribution is -2.11. The van der Waals surface area contributed by atoms with Gasteiger partial charge in [0.05, 0.1) is 0 Å². The number of ether oxygens (including phenoxy) is 1. The zero-order valence-corrected chi connectivity index (χ0v) is 8.29. The van der Waals surface area contributed by atoms with Gasteiger partial charge >= 0.3 is 0 Å². The van der Waals surface area contributed by atoms with Gasteiger partial charge in [-0.15, -0.1) is 0 Å². The molecule has 0 aromatic heterocycles. The Bertz CT molecular complexity index is 131. The lowest BCUT2D eigenvalue weighted by atomic mass is 10.2. The number of hydrogen-bond donors (Lipinski definition) is 0. The molecule has 1 fully saturated rings. The van der Waals surface area contributed by atoms with Crippen molar-refractivity contribution in [2.75, 3.05) is 4.61 Å². The molecule has 0 atom stereocenters. The minimum atomic E-state index is 0.264. The van der Waals surface area contributed by atoms with E-state index in [1.54, 1.807) is 0 Å². The van der Waals surface area contributed by atoms with E-state index in [0.717, 1.165) is 5.05 Å². The summed E-state index contributed by atoms with van der Waals surface area (Å²) in [6, 6.07) is 0. The van der Waals surface area contributed by atoms with E-state index in [9.17, 15) is 0 Å². The lowest BCUT2D eigenvalue weighted by molar-refractivity contribution is 0.369. The molecule has 0 spiro atoms. The second kappa shape index (κ2) is 2.70. The molecule has 1 aliphatic carbocycles. The molecule has 0 amide bonds. The van der Waals surface area contributed by atoms with E-state index >= 15 is 0 Å². The SMILES string of the molecule is CC1(C(=S)OCI)CC1. The highest BCUT2D eigenvalue weighted by molar-refractivity contribution is 14.1. The Kier molecular flexibility index (Phi) is 2.32. The van der Waals surface area contributed by atoms with Crippen LogP contribution in [0.25, 0.3) is 0 Å². The van der Waals surface area contributed by atoms with Crippen LogP contribution in [-0.2, 0) is 4.74 Å². The first-order chi connectivity index (χ1) is 4.19. The van der Waals surface area contributed by atoms with Crippen LogP contribution in [0.2, 0.25) is 0 Å². The van der Waals surface area contributed by atoms with Crippen LogP contribution in [-0.4, -0.2) is 9.66 Å². The van der Waals surface area contributed by atoms with Crippen LogP contribution in [0.15, 0.2) is 0 Å². The van der Waals surface area contributed by atoms with E-state index in [4.69, 9.17) is 17.0 Å². The van der Waals surface area contributed by atoms with E-state index in [1.165, 1.54) is 12.8 Å². The van der Waals surface area contributed by atoms with Gasteiger partial charge in [-0.05, 0) is 47.7 Å². The number of rotatable bonds is 2. The average molecular weight is 256 g/mol. The van der Waals surface area contributed by atoms with Crippen LogP contribution < -0.4 is 0 Å². The summed E-state index contributed by atoms with van der Waals surface area (Å²) < 4.78 is 5.87. The van der Waals surface area contributed by atoms with Gasteiger partial charge in [-0.2, -0.15) is 0 Å². The van der Waals surface area contributed by atoms with Crippen molar-refractivity contribution in [3.8, 4) is 0 Å². The number of hydrogen-bond acceptors (Lipinski definition) is 2. The summed E-state index contributed by atoms with van der Waals surface area (Å²) in [5.41, 5.74) is 0.264. The van der Waals surface area contributed by atoms with Crippen LogP contribution in [0.3, 0.4) is 0 Å². The summed E-state index contributed by atoms with van der Waals surface area (Å²) in [6.45, 7) is 2.15. The fourth-order valence-electron chi connectivity index (χ4n) is 0.615. The number of thiocarbonyl (C=S) groups is 1. The van der Waals surface area contributed by atoms with Crippen molar-refractivity contribution in [1.29, 1.82) is 0 Å². The van der Waals surface area contributed by atoms with Gasteiger partial charge in [-0.25, -0.2) is 0 Å². The zero-order valence-electron chi connectivity index (χ0n) is 5.32.